The minimum Gasteiger partial charge on any atom is -0.392 e. The topological polar surface area (TPSA) is 20.2 Å². The molecule has 0 heterocycles. The summed E-state index contributed by atoms with van der Waals surface area (Å²) in [6.45, 7) is 4.89. The molecule has 0 saturated heterocycles. The van der Waals surface area contributed by atoms with Crippen LogP contribution in [0.4, 0.5) is 0 Å². The van der Waals surface area contributed by atoms with Gasteiger partial charge in [0.15, 0.2) is 0 Å². The Hall–Kier alpha value is -0.300. The van der Waals surface area contributed by atoms with Gasteiger partial charge in [0.05, 0.1) is 6.61 Å². The Balaban J connectivity index is 2.29. The first-order chi connectivity index (χ1) is 5.66. The second kappa shape index (κ2) is 2.59. The van der Waals surface area contributed by atoms with E-state index < -0.39 is 0 Å². The Morgan fingerprint density at radius 1 is 1.50 bits per heavy atom. The molecule has 0 aromatic heterocycles. The van der Waals surface area contributed by atoms with E-state index in [2.05, 4.69) is 13.8 Å². The van der Waals surface area contributed by atoms with Gasteiger partial charge in [-0.3, -0.25) is 0 Å². The van der Waals surface area contributed by atoms with Crippen LogP contribution in [0.3, 0.4) is 0 Å². The van der Waals surface area contributed by atoms with E-state index in [0.717, 1.165) is 11.8 Å². The highest BCUT2D eigenvalue weighted by Gasteiger charge is 2.48. The van der Waals surface area contributed by atoms with Crippen molar-refractivity contribution < 1.29 is 5.11 Å². The SMILES string of the molecule is CC1(C)/C(=C\CO)[C@@H]2CC[C@@H]1C2. The maximum atomic E-state index is 8.91. The van der Waals surface area contributed by atoms with Crippen molar-refractivity contribution in [1.82, 2.24) is 0 Å². The summed E-state index contributed by atoms with van der Waals surface area (Å²) in [4.78, 5) is 0. The van der Waals surface area contributed by atoms with E-state index in [1.54, 1.807) is 0 Å². The van der Waals surface area contributed by atoms with Crippen LogP contribution in [-0.4, -0.2) is 11.7 Å². The lowest BCUT2D eigenvalue weighted by Gasteiger charge is -2.32. The lowest BCUT2D eigenvalue weighted by Crippen LogP contribution is -2.23. The molecule has 2 atom stereocenters. The molecule has 0 spiro atoms. The molecule has 0 radical (unpaired) electrons. The predicted octanol–water partition coefficient (Wildman–Crippen LogP) is 2.36. The fourth-order valence-corrected chi connectivity index (χ4v) is 3.21. The molecule has 2 saturated carbocycles. The standard InChI is InChI=1S/C11H18O/c1-11(2)9-4-3-8(7-9)10(11)5-6-12/h5,8-9,12H,3-4,6-7H2,1-2H3/b10-5-/t8-,9-/m1/s1. The minimum atomic E-state index is 0.224. The van der Waals surface area contributed by atoms with Crippen LogP contribution in [-0.2, 0) is 0 Å². The second-order valence-corrected chi connectivity index (χ2v) is 4.77. The number of hydrogen-bond acceptors (Lipinski definition) is 1. The Kier molecular flexibility index (Phi) is 1.80. The van der Waals surface area contributed by atoms with E-state index in [1.165, 1.54) is 24.8 Å². The smallest absolute Gasteiger partial charge is 0.0615 e. The molecule has 0 unspecified atom stereocenters. The van der Waals surface area contributed by atoms with E-state index in [-0.39, 0.29) is 6.61 Å². The normalized spacial score (nSPS) is 41.1. The molecule has 1 heteroatoms. The molecule has 0 amide bonds. The molecule has 12 heavy (non-hydrogen) atoms. The largest absolute Gasteiger partial charge is 0.392 e. The number of allylic oxidation sites excluding steroid dienone is 1. The van der Waals surface area contributed by atoms with Gasteiger partial charge in [-0.1, -0.05) is 25.5 Å². The highest BCUT2D eigenvalue weighted by molar-refractivity contribution is 5.25. The molecule has 0 aliphatic heterocycles. The first-order valence-corrected chi connectivity index (χ1v) is 4.97. The van der Waals surface area contributed by atoms with Gasteiger partial charge in [-0.25, -0.2) is 0 Å². The molecule has 1 N–H and O–H groups in total. The first kappa shape index (κ1) is 8.31. The Morgan fingerprint density at radius 3 is 2.75 bits per heavy atom. The number of hydrogen-bond donors (Lipinski definition) is 1. The third-order valence-electron chi connectivity index (χ3n) is 3.95. The molecule has 68 valence electrons. The molecule has 2 aliphatic rings. The Bertz CT molecular complexity index is 215. The summed E-state index contributed by atoms with van der Waals surface area (Å²) < 4.78 is 0. The number of rotatable bonds is 1. The summed E-state index contributed by atoms with van der Waals surface area (Å²) >= 11 is 0. The molecular weight excluding hydrogens is 148 g/mol. The third-order valence-corrected chi connectivity index (χ3v) is 3.95. The average Bonchev–Trinajstić information content (AvgIpc) is 2.53. The lowest BCUT2D eigenvalue weighted by atomic mass is 9.73. The highest BCUT2D eigenvalue weighted by Crippen LogP contribution is 2.58. The quantitative estimate of drug-likeness (QED) is 0.593. The zero-order chi connectivity index (χ0) is 8.77. The van der Waals surface area contributed by atoms with Crippen LogP contribution in [0.2, 0.25) is 0 Å². The Morgan fingerprint density at radius 2 is 2.25 bits per heavy atom. The monoisotopic (exact) mass is 166 g/mol. The van der Waals surface area contributed by atoms with Crippen molar-refractivity contribution in [3.63, 3.8) is 0 Å². The van der Waals surface area contributed by atoms with Crippen LogP contribution in [0.1, 0.15) is 33.1 Å². The van der Waals surface area contributed by atoms with Gasteiger partial charge < -0.3 is 5.11 Å². The zero-order valence-electron chi connectivity index (χ0n) is 8.01. The van der Waals surface area contributed by atoms with E-state index in [0.29, 0.717) is 5.41 Å². The second-order valence-electron chi connectivity index (χ2n) is 4.77. The summed E-state index contributed by atoms with van der Waals surface area (Å²) in [7, 11) is 0. The number of fused-ring (bicyclic) bond motifs is 2. The lowest BCUT2D eigenvalue weighted by molar-refractivity contribution is 0.280. The first-order valence-electron chi connectivity index (χ1n) is 4.97. The summed E-state index contributed by atoms with van der Waals surface area (Å²) in [5.41, 5.74) is 1.91. The van der Waals surface area contributed by atoms with Gasteiger partial charge in [-0.05, 0) is 36.5 Å². The van der Waals surface area contributed by atoms with Gasteiger partial charge in [0.1, 0.15) is 0 Å². The molecular formula is C11H18O. The van der Waals surface area contributed by atoms with Crippen LogP contribution in [0, 0.1) is 17.3 Å². The van der Waals surface area contributed by atoms with Crippen molar-refractivity contribution in [1.29, 1.82) is 0 Å². The zero-order valence-corrected chi connectivity index (χ0v) is 8.01. The van der Waals surface area contributed by atoms with Gasteiger partial charge in [-0.15, -0.1) is 0 Å². The average molecular weight is 166 g/mol. The van der Waals surface area contributed by atoms with Gasteiger partial charge >= 0.3 is 0 Å². The minimum absolute atomic E-state index is 0.224. The van der Waals surface area contributed by atoms with E-state index in [1.807, 2.05) is 6.08 Å². The van der Waals surface area contributed by atoms with E-state index >= 15 is 0 Å². The maximum absolute atomic E-state index is 8.91. The van der Waals surface area contributed by atoms with Gasteiger partial charge in [0.2, 0.25) is 0 Å². The summed E-state index contributed by atoms with van der Waals surface area (Å²) in [5.74, 6) is 1.69. The van der Waals surface area contributed by atoms with Crippen LogP contribution in [0.25, 0.3) is 0 Å². The van der Waals surface area contributed by atoms with E-state index in [9.17, 15) is 0 Å². The van der Waals surface area contributed by atoms with Crippen molar-refractivity contribution in [3.05, 3.63) is 11.6 Å². The van der Waals surface area contributed by atoms with Crippen molar-refractivity contribution in [2.75, 3.05) is 6.61 Å². The molecule has 0 aromatic rings. The summed E-state index contributed by atoms with van der Waals surface area (Å²) in [6, 6.07) is 0. The van der Waals surface area contributed by atoms with Crippen molar-refractivity contribution in [3.8, 4) is 0 Å². The highest BCUT2D eigenvalue weighted by atomic mass is 16.2. The maximum Gasteiger partial charge on any atom is 0.0615 e. The van der Waals surface area contributed by atoms with Crippen molar-refractivity contribution in [2.45, 2.75) is 33.1 Å². The molecule has 2 bridgehead atoms. The number of aliphatic hydroxyl groups is 1. The predicted molar refractivity (Wildman–Crippen MR) is 49.8 cm³/mol. The van der Waals surface area contributed by atoms with Crippen LogP contribution < -0.4 is 0 Å². The molecule has 1 nitrogen and oxygen atoms in total. The van der Waals surface area contributed by atoms with Crippen LogP contribution in [0.15, 0.2) is 11.6 Å². The van der Waals surface area contributed by atoms with Gasteiger partial charge in [-0.2, -0.15) is 0 Å². The van der Waals surface area contributed by atoms with Crippen molar-refractivity contribution in [2.24, 2.45) is 17.3 Å². The summed E-state index contributed by atoms with van der Waals surface area (Å²) in [6.07, 6.45) is 6.18. The molecule has 2 fully saturated rings. The van der Waals surface area contributed by atoms with Crippen molar-refractivity contribution >= 4 is 0 Å². The molecule has 0 aromatic carbocycles. The van der Waals surface area contributed by atoms with E-state index in [4.69, 9.17) is 5.11 Å². The third kappa shape index (κ3) is 0.957. The fourth-order valence-electron chi connectivity index (χ4n) is 3.21. The van der Waals surface area contributed by atoms with Gasteiger partial charge in [0.25, 0.3) is 0 Å². The Labute approximate surface area is 74.5 Å². The summed E-state index contributed by atoms with van der Waals surface area (Å²) in [5, 5.41) is 8.91. The fraction of sp³-hybridized carbons (Fsp3) is 0.818. The van der Waals surface area contributed by atoms with Crippen LogP contribution in [0.5, 0.6) is 0 Å². The van der Waals surface area contributed by atoms with Crippen LogP contribution >= 0.6 is 0 Å². The molecule has 2 rings (SSSR count). The molecule has 2 aliphatic carbocycles. The van der Waals surface area contributed by atoms with Gasteiger partial charge in [0, 0.05) is 0 Å². The number of aliphatic hydroxyl groups excluding tert-OH is 1.